The number of aliphatic hydroxyl groups excluding tert-OH is 1. The number of hydrogen-bond donors (Lipinski definition) is 3. The van der Waals surface area contributed by atoms with Crippen LogP contribution in [0.5, 0.6) is 17.2 Å². The molecule has 2 aliphatic rings. The smallest absolute Gasteiger partial charge is 0.243 e. The molecule has 0 radical (unpaired) electrons. The zero-order valence-corrected chi connectivity index (χ0v) is 21.5. The van der Waals surface area contributed by atoms with Gasteiger partial charge in [0.2, 0.25) is 23.5 Å². The molecular formula is C26H39N3O7. The van der Waals surface area contributed by atoms with E-state index in [2.05, 4.69) is 5.32 Å². The second-order valence-electron chi connectivity index (χ2n) is 9.52. The molecule has 1 aromatic rings. The van der Waals surface area contributed by atoms with E-state index in [1.165, 1.54) is 7.11 Å². The Hall–Kier alpha value is -3.01. The number of aliphatic hydroxyl groups is 1. The van der Waals surface area contributed by atoms with Crippen LogP contribution in [0.25, 0.3) is 0 Å². The molecule has 1 heterocycles. The first-order chi connectivity index (χ1) is 17.4. The van der Waals surface area contributed by atoms with Crippen LogP contribution in [0.15, 0.2) is 12.1 Å². The van der Waals surface area contributed by atoms with Gasteiger partial charge in [-0.1, -0.05) is 19.3 Å². The van der Waals surface area contributed by atoms with Gasteiger partial charge in [0.1, 0.15) is 12.1 Å². The van der Waals surface area contributed by atoms with Crippen LogP contribution in [0.2, 0.25) is 0 Å². The fourth-order valence-corrected chi connectivity index (χ4v) is 5.49. The molecule has 36 heavy (non-hydrogen) atoms. The molecule has 4 N–H and O–H groups in total. The number of likely N-dealkylation sites (tertiary alicyclic amines) is 1. The van der Waals surface area contributed by atoms with E-state index in [1.807, 2.05) is 12.1 Å². The summed E-state index contributed by atoms with van der Waals surface area (Å²) in [4.78, 5) is 40.6. The van der Waals surface area contributed by atoms with E-state index in [0.717, 1.165) is 50.5 Å². The lowest BCUT2D eigenvalue weighted by molar-refractivity contribution is -0.145. The third kappa shape index (κ3) is 6.03. The van der Waals surface area contributed by atoms with Crippen molar-refractivity contribution in [3.05, 3.63) is 17.7 Å². The van der Waals surface area contributed by atoms with Crippen molar-refractivity contribution in [3.8, 4) is 17.2 Å². The van der Waals surface area contributed by atoms with Crippen molar-refractivity contribution in [1.29, 1.82) is 0 Å². The summed E-state index contributed by atoms with van der Waals surface area (Å²) in [7, 11) is 4.62. The van der Waals surface area contributed by atoms with E-state index in [9.17, 15) is 19.5 Å². The van der Waals surface area contributed by atoms with Crippen molar-refractivity contribution >= 4 is 17.7 Å². The normalized spacial score (nSPS) is 20.2. The van der Waals surface area contributed by atoms with Gasteiger partial charge in [-0.2, -0.15) is 0 Å². The summed E-state index contributed by atoms with van der Waals surface area (Å²) in [6.07, 6.45) is 7.07. The van der Waals surface area contributed by atoms with E-state index in [0.29, 0.717) is 30.2 Å². The zero-order chi connectivity index (χ0) is 26.2. The predicted octanol–water partition coefficient (Wildman–Crippen LogP) is 1.72. The molecule has 0 spiro atoms. The largest absolute Gasteiger partial charge is 0.493 e. The molecule has 1 aromatic carbocycles. The molecule has 3 atom stereocenters. The average Bonchev–Trinajstić information content (AvgIpc) is 2.91. The molecule has 2 fully saturated rings. The van der Waals surface area contributed by atoms with Gasteiger partial charge in [0, 0.05) is 6.54 Å². The third-order valence-electron chi connectivity index (χ3n) is 7.36. The molecule has 0 bridgehead atoms. The van der Waals surface area contributed by atoms with Gasteiger partial charge in [0.05, 0.1) is 33.9 Å². The average molecular weight is 506 g/mol. The number of carbonyl (C=O) groups excluding carboxylic acids is 3. The van der Waals surface area contributed by atoms with Crippen LogP contribution >= 0.6 is 0 Å². The van der Waals surface area contributed by atoms with Crippen molar-refractivity contribution < 1.29 is 33.7 Å². The highest BCUT2D eigenvalue weighted by Crippen LogP contribution is 2.45. The molecule has 1 aliphatic heterocycles. The highest BCUT2D eigenvalue weighted by Gasteiger charge is 2.40. The van der Waals surface area contributed by atoms with E-state index >= 15 is 0 Å². The van der Waals surface area contributed by atoms with E-state index in [1.54, 1.807) is 19.1 Å². The Bertz CT molecular complexity index is 907. The Balaban J connectivity index is 1.99. The Morgan fingerprint density at radius 3 is 2.14 bits per heavy atom. The quantitative estimate of drug-likeness (QED) is 0.440. The fourth-order valence-electron chi connectivity index (χ4n) is 5.49. The minimum Gasteiger partial charge on any atom is -0.493 e. The predicted molar refractivity (Wildman–Crippen MR) is 133 cm³/mol. The number of amides is 3. The molecule has 10 nitrogen and oxygen atoms in total. The molecule has 0 unspecified atom stereocenters. The van der Waals surface area contributed by atoms with E-state index in [-0.39, 0.29) is 11.8 Å². The Labute approximate surface area is 212 Å². The SMILES string of the molecule is COc1cc([C@@H](C(=O)N2CCCC[C@H]2C(=O)N[C@@H](CO)C(N)=O)C2CCCCC2)cc(OC)c1OC. The van der Waals surface area contributed by atoms with E-state index < -0.39 is 36.4 Å². The summed E-state index contributed by atoms with van der Waals surface area (Å²) in [5.41, 5.74) is 6.05. The number of hydrogen-bond acceptors (Lipinski definition) is 7. The lowest BCUT2D eigenvalue weighted by Gasteiger charge is -2.40. The summed E-state index contributed by atoms with van der Waals surface area (Å²) in [6.45, 7) is -0.164. The van der Waals surface area contributed by atoms with Crippen molar-refractivity contribution in [2.24, 2.45) is 11.7 Å². The van der Waals surface area contributed by atoms with Gasteiger partial charge in [-0.3, -0.25) is 14.4 Å². The van der Waals surface area contributed by atoms with Gasteiger partial charge >= 0.3 is 0 Å². The van der Waals surface area contributed by atoms with Gasteiger partial charge in [-0.05, 0) is 55.7 Å². The van der Waals surface area contributed by atoms with Crippen LogP contribution in [0.4, 0.5) is 0 Å². The first kappa shape index (κ1) is 27.6. The number of methoxy groups -OCH3 is 3. The maximum absolute atomic E-state index is 14.2. The molecular weight excluding hydrogens is 466 g/mol. The summed E-state index contributed by atoms with van der Waals surface area (Å²) >= 11 is 0. The summed E-state index contributed by atoms with van der Waals surface area (Å²) < 4.78 is 16.6. The highest BCUT2D eigenvalue weighted by molar-refractivity contribution is 5.93. The van der Waals surface area contributed by atoms with Crippen LogP contribution in [-0.2, 0) is 14.4 Å². The number of nitrogens with zero attached hydrogens (tertiary/aromatic N) is 1. The number of rotatable bonds is 10. The van der Waals surface area contributed by atoms with Crippen LogP contribution < -0.4 is 25.3 Å². The number of benzene rings is 1. The number of nitrogens with one attached hydrogen (secondary N) is 1. The Morgan fingerprint density at radius 2 is 1.61 bits per heavy atom. The van der Waals surface area contributed by atoms with E-state index in [4.69, 9.17) is 19.9 Å². The minimum atomic E-state index is -1.19. The Morgan fingerprint density at radius 1 is 1.00 bits per heavy atom. The van der Waals surface area contributed by atoms with Crippen molar-refractivity contribution in [3.63, 3.8) is 0 Å². The molecule has 10 heteroatoms. The van der Waals surface area contributed by atoms with Crippen LogP contribution in [0.3, 0.4) is 0 Å². The minimum absolute atomic E-state index is 0.107. The first-order valence-corrected chi connectivity index (χ1v) is 12.7. The number of primary amides is 1. The van der Waals surface area contributed by atoms with Gasteiger partial charge in [-0.15, -0.1) is 0 Å². The lowest BCUT2D eigenvalue weighted by Crippen LogP contribution is -2.57. The second-order valence-corrected chi connectivity index (χ2v) is 9.52. The maximum Gasteiger partial charge on any atom is 0.243 e. The molecule has 200 valence electrons. The van der Waals surface area contributed by atoms with Crippen LogP contribution in [0.1, 0.15) is 62.8 Å². The summed E-state index contributed by atoms with van der Waals surface area (Å²) in [5, 5.41) is 12.0. The van der Waals surface area contributed by atoms with Gasteiger partial charge in [0.25, 0.3) is 0 Å². The molecule has 3 rings (SSSR count). The molecule has 1 saturated carbocycles. The number of piperidine rings is 1. The van der Waals surface area contributed by atoms with Crippen molar-refractivity contribution in [1.82, 2.24) is 10.2 Å². The van der Waals surface area contributed by atoms with Gasteiger partial charge < -0.3 is 35.3 Å². The van der Waals surface area contributed by atoms with Gasteiger partial charge in [0.15, 0.2) is 11.5 Å². The number of nitrogens with two attached hydrogens (primary N) is 1. The van der Waals surface area contributed by atoms with Crippen LogP contribution in [0, 0.1) is 5.92 Å². The topological polar surface area (TPSA) is 140 Å². The lowest BCUT2D eigenvalue weighted by atomic mass is 9.75. The standard InChI is InChI=1S/C26H39N3O7/c1-34-20-13-17(14-21(35-2)23(20)36-3)22(16-9-5-4-6-10-16)26(33)29-12-8-7-11-19(29)25(32)28-18(15-30)24(27)31/h13-14,16,18-19,22,30H,4-12,15H2,1-3H3,(H2,27,31)(H,28,32)/t18-,19-,22-/m0/s1. The molecule has 1 aliphatic carbocycles. The number of carbonyl (C=O) groups is 3. The third-order valence-corrected chi connectivity index (χ3v) is 7.36. The van der Waals surface area contributed by atoms with Crippen LogP contribution in [-0.4, -0.2) is 74.3 Å². The molecule has 3 amide bonds. The fraction of sp³-hybridized carbons (Fsp3) is 0.654. The van der Waals surface area contributed by atoms with Crippen molar-refractivity contribution in [2.45, 2.75) is 69.4 Å². The zero-order valence-electron chi connectivity index (χ0n) is 21.5. The summed E-state index contributed by atoms with van der Waals surface area (Å²) in [6, 6.07) is 1.71. The number of ether oxygens (including phenoxy) is 3. The second kappa shape index (κ2) is 12.8. The maximum atomic E-state index is 14.2. The first-order valence-electron chi connectivity index (χ1n) is 12.7. The highest BCUT2D eigenvalue weighted by atomic mass is 16.5. The van der Waals surface area contributed by atoms with Gasteiger partial charge in [-0.25, -0.2) is 0 Å². The Kier molecular flexibility index (Phi) is 9.81. The molecule has 0 aromatic heterocycles. The summed E-state index contributed by atoms with van der Waals surface area (Å²) in [5.74, 6) is -0.412. The molecule has 1 saturated heterocycles. The monoisotopic (exact) mass is 505 g/mol. The van der Waals surface area contributed by atoms with Crippen molar-refractivity contribution in [2.75, 3.05) is 34.5 Å².